The Bertz CT molecular complexity index is 560. The molecule has 12 heteroatoms. The summed E-state index contributed by atoms with van der Waals surface area (Å²) in [5.74, 6) is 0.109. The topological polar surface area (TPSA) is 216 Å². The molecular weight excluding hydrogens is 305 g/mol. The van der Waals surface area contributed by atoms with Gasteiger partial charge in [0, 0.05) is 6.20 Å². The number of ether oxygens (including phenoxy) is 1. The fraction of sp³-hybridized carbons (Fsp3) is 0.556. The van der Waals surface area contributed by atoms with Crippen molar-refractivity contribution in [3.63, 3.8) is 0 Å². The fourth-order valence-electron chi connectivity index (χ4n) is 1.83. The quantitative estimate of drug-likeness (QED) is 0.587. The molecule has 0 radical (unpaired) electrons. The molecule has 2 rings (SSSR count). The van der Waals surface area contributed by atoms with Crippen molar-refractivity contribution < 1.29 is 23.6 Å². The smallest absolute Gasteiger partial charge is 0.351 e. The zero-order chi connectivity index (χ0) is 14.0. The highest BCUT2D eigenvalue weighted by molar-refractivity contribution is 7.43. The summed E-state index contributed by atoms with van der Waals surface area (Å²) in [5.41, 5.74) is 4.81. The molecule has 1 aliphatic heterocycles. The SMILES string of the molecule is Nc1ccn([C@H]2CC[C@@H](COP(=O)([O-])[O-])O2)c(=O)n1.[NH4+].[NH4+]. The normalized spacial score (nSPS) is 21.4. The van der Waals surface area contributed by atoms with Crippen molar-refractivity contribution in [2.75, 3.05) is 12.3 Å². The van der Waals surface area contributed by atoms with Crippen molar-refractivity contribution in [1.82, 2.24) is 21.9 Å². The van der Waals surface area contributed by atoms with Crippen LogP contribution in [0.1, 0.15) is 19.1 Å². The van der Waals surface area contributed by atoms with E-state index in [9.17, 15) is 19.1 Å². The highest BCUT2D eigenvalue weighted by Gasteiger charge is 2.27. The number of aromatic nitrogens is 2. The van der Waals surface area contributed by atoms with E-state index in [0.717, 1.165) is 0 Å². The molecule has 0 aromatic carbocycles. The molecule has 1 aliphatic rings. The first-order valence-corrected chi connectivity index (χ1v) is 6.98. The fourth-order valence-corrected chi connectivity index (χ4v) is 2.18. The molecule has 2 atom stereocenters. The number of rotatable bonds is 4. The van der Waals surface area contributed by atoms with Gasteiger partial charge in [0.2, 0.25) is 0 Å². The first-order valence-electron chi connectivity index (χ1n) is 5.52. The molecule has 10 N–H and O–H groups in total. The Morgan fingerprint density at radius 2 is 2.14 bits per heavy atom. The molecule has 122 valence electrons. The van der Waals surface area contributed by atoms with Crippen molar-refractivity contribution in [2.45, 2.75) is 25.2 Å². The monoisotopic (exact) mass is 325 g/mol. The maximum atomic E-state index is 11.6. The van der Waals surface area contributed by atoms with E-state index in [-0.39, 0.29) is 24.7 Å². The highest BCUT2D eigenvalue weighted by Crippen LogP contribution is 2.31. The van der Waals surface area contributed by atoms with Gasteiger partial charge in [0.25, 0.3) is 0 Å². The third-order valence-electron chi connectivity index (χ3n) is 2.67. The molecule has 21 heavy (non-hydrogen) atoms. The molecule has 1 aromatic rings. The zero-order valence-corrected chi connectivity index (χ0v) is 12.7. The van der Waals surface area contributed by atoms with Gasteiger partial charge in [0.1, 0.15) is 12.0 Å². The zero-order valence-electron chi connectivity index (χ0n) is 11.8. The summed E-state index contributed by atoms with van der Waals surface area (Å²) in [6.45, 7) is -0.349. The van der Waals surface area contributed by atoms with Crippen LogP contribution in [-0.4, -0.2) is 22.3 Å². The molecule has 0 unspecified atom stereocenters. The second-order valence-corrected chi connectivity index (χ2v) is 5.23. The number of nitrogen functional groups attached to an aromatic ring is 1. The Kier molecular flexibility index (Phi) is 7.13. The van der Waals surface area contributed by atoms with Gasteiger partial charge in [0.05, 0.1) is 20.5 Å². The van der Waals surface area contributed by atoms with Gasteiger partial charge >= 0.3 is 5.69 Å². The van der Waals surface area contributed by atoms with Gasteiger partial charge in [-0.25, -0.2) is 4.79 Å². The summed E-state index contributed by atoms with van der Waals surface area (Å²) in [5, 5.41) is 0. The molecular formula is C9H20N5O6P. The van der Waals surface area contributed by atoms with Gasteiger partial charge in [-0.3, -0.25) is 4.57 Å². The molecule has 0 bridgehead atoms. The summed E-state index contributed by atoms with van der Waals surface area (Å²) in [4.78, 5) is 35.8. The van der Waals surface area contributed by atoms with Crippen LogP contribution < -0.4 is 33.5 Å². The average molecular weight is 325 g/mol. The molecule has 0 amide bonds. The van der Waals surface area contributed by atoms with E-state index in [1.54, 1.807) is 0 Å². The van der Waals surface area contributed by atoms with Crippen LogP contribution in [0.15, 0.2) is 17.1 Å². The van der Waals surface area contributed by atoms with Crippen LogP contribution in [-0.2, 0) is 13.8 Å². The molecule has 1 aromatic heterocycles. The summed E-state index contributed by atoms with van der Waals surface area (Å²) >= 11 is 0. The molecule has 1 fully saturated rings. The van der Waals surface area contributed by atoms with Gasteiger partial charge in [-0.2, -0.15) is 4.98 Å². The van der Waals surface area contributed by atoms with Gasteiger partial charge in [-0.05, 0) is 18.9 Å². The van der Waals surface area contributed by atoms with E-state index in [0.29, 0.717) is 12.8 Å². The number of phosphoric ester groups is 1. The second-order valence-electron chi connectivity index (χ2n) is 4.08. The summed E-state index contributed by atoms with van der Waals surface area (Å²) in [7, 11) is -5.00. The Balaban J connectivity index is 0.00000200. The maximum absolute atomic E-state index is 11.6. The second kappa shape index (κ2) is 7.61. The maximum Gasteiger partial charge on any atom is 0.351 e. The minimum atomic E-state index is -5.00. The number of hydrogen-bond acceptors (Lipinski definition) is 8. The summed E-state index contributed by atoms with van der Waals surface area (Å²) in [6.07, 6.45) is 1.30. The summed E-state index contributed by atoms with van der Waals surface area (Å²) < 4.78 is 21.2. The molecule has 0 aliphatic carbocycles. The molecule has 2 heterocycles. The van der Waals surface area contributed by atoms with Gasteiger partial charge in [-0.1, -0.05) is 0 Å². The van der Waals surface area contributed by atoms with Crippen molar-refractivity contribution in [3.05, 3.63) is 22.7 Å². The highest BCUT2D eigenvalue weighted by atomic mass is 31.2. The van der Waals surface area contributed by atoms with E-state index in [2.05, 4.69) is 9.51 Å². The van der Waals surface area contributed by atoms with Crippen LogP contribution in [0.2, 0.25) is 0 Å². The lowest BCUT2D eigenvalue weighted by molar-refractivity contribution is -0.342. The van der Waals surface area contributed by atoms with Crippen molar-refractivity contribution in [3.8, 4) is 0 Å². The lowest BCUT2D eigenvalue weighted by Gasteiger charge is -2.29. The van der Waals surface area contributed by atoms with E-state index in [4.69, 9.17) is 10.5 Å². The van der Waals surface area contributed by atoms with Gasteiger partial charge in [0.15, 0.2) is 0 Å². The van der Waals surface area contributed by atoms with Crippen molar-refractivity contribution in [2.24, 2.45) is 0 Å². The van der Waals surface area contributed by atoms with Crippen LogP contribution in [0.4, 0.5) is 5.82 Å². The van der Waals surface area contributed by atoms with E-state index in [1.807, 2.05) is 0 Å². The number of nitrogens with zero attached hydrogens (tertiary/aromatic N) is 2. The van der Waals surface area contributed by atoms with Crippen LogP contribution in [0.5, 0.6) is 0 Å². The Morgan fingerprint density at radius 3 is 2.71 bits per heavy atom. The van der Waals surface area contributed by atoms with Gasteiger partial charge < -0.3 is 41.6 Å². The molecule has 11 nitrogen and oxygen atoms in total. The number of hydrogen-bond donors (Lipinski definition) is 3. The van der Waals surface area contributed by atoms with Crippen molar-refractivity contribution in [1.29, 1.82) is 0 Å². The van der Waals surface area contributed by atoms with Gasteiger partial charge in [-0.15, -0.1) is 0 Å². The lowest BCUT2D eigenvalue weighted by Crippen LogP contribution is -2.28. The largest absolute Gasteiger partial charge is 0.790 e. The standard InChI is InChI=1S/C9H14N3O6P.2H3N/c10-7-3-4-12(9(13)11-7)8-2-1-6(18-8)5-17-19(14,15)16;;/h3-4,6,8H,1-2,5H2,(H2,10,11,13)(H2,14,15,16);2*1H3/t6-,8+;;/m0../s1. The average Bonchev–Trinajstić information content (AvgIpc) is 2.74. The number of phosphoric acid groups is 1. The van der Waals surface area contributed by atoms with E-state index in [1.165, 1.54) is 16.8 Å². The van der Waals surface area contributed by atoms with Crippen LogP contribution in [0, 0.1) is 0 Å². The van der Waals surface area contributed by atoms with Crippen LogP contribution in [0.3, 0.4) is 0 Å². The first-order chi connectivity index (χ1) is 8.85. The third kappa shape index (κ3) is 5.52. The van der Waals surface area contributed by atoms with E-state index >= 15 is 0 Å². The molecule has 1 saturated heterocycles. The third-order valence-corrected chi connectivity index (χ3v) is 3.13. The predicted octanol–water partition coefficient (Wildman–Crippen LogP) is -0.899. The molecule has 0 saturated carbocycles. The number of quaternary nitrogens is 2. The molecule has 0 spiro atoms. The lowest BCUT2D eigenvalue weighted by atomic mass is 10.2. The van der Waals surface area contributed by atoms with Crippen LogP contribution >= 0.6 is 7.82 Å². The number of nitrogens with two attached hydrogens (primary N) is 1. The Morgan fingerprint density at radius 1 is 1.48 bits per heavy atom. The first kappa shape index (κ1) is 19.7. The summed E-state index contributed by atoms with van der Waals surface area (Å²) in [6, 6.07) is 1.46. The minimum Gasteiger partial charge on any atom is -0.790 e. The number of anilines is 1. The Labute approximate surface area is 120 Å². The predicted molar refractivity (Wildman–Crippen MR) is 71.6 cm³/mol. The van der Waals surface area contributed by atoms with Crippen molar-refractivity contribution >= 4 is 13.6 Å². The van der Waals surface area contributed by atoms with E-state index < -0.39 is 25.8 Å². The minimum absolute atomic E-state index is 0. The Hall–Kier alpha value is -1.33. The van der Waals surface area contributed by atoms with Crippen LogP contribution in [0.25, 0.3) is 0 Å².